The molecular formula is C15H30N2+2. The van der Waals surface area contributed by atoms with Crippen LogP contribution in [0, 0.1) is 34.6 Å². The quantitative estimate of drug-likeness (QED) is 0.483. The Kier molecular flexibility index (Phi) is 5.34. The Morgan fingerprint density at radius 1 is 0.647 bits per heavy atom. The molecule has 0 unspecified atom stereocenters. The lowest BCUT2D eigenvalue weighted by Gasteiger charge is -2.14. The second-order valence-corrected chi connectivity index (χ2v) is 6.29. The molecule has 0 amide bonds. The van der Waals surface area contributed by atoms with Gasteiger partial charge < -0.3 is 4.48 Å². The fourth-order valence-corrected chi connectivity index (χ4v) is 1.58. The maximum atomic E-state index is 2.26. The molecule has 1 aromatic rings. The number of hydrogen-bond acceptors (Lipinski definition) is 0. The van der Waals surface area contributed by atoms with Crippen LogP contribution in [0.25, 0.3) is 0 Å². The molecule has 0 N–H and O–H groups in total. The van der Waals surface area contributed by atoms with Gasteiger partial charge in [-0.1, -0.05) is 0 Å². The molecule has 17 heavy (non-hydrogen) atoms. The number of nitrogens with zero attached hydrogens (tertiary/aromatic N) is 2. The fraction of sp³-hybridized carbons (Fsp3) is 0.667. The number of pyridine rings is 1. The topological polar surface area (TPSA) is 3.88 Å². The van der Waals surface area contributed by atoms with Crippen molar-refractivity contribution in [3.63, 3.8) is 0 Å². The minimum absolute atomic E-state index is 1.00. The Balaban J connectivity index is 0.000000437. The predicted molar refractivity (Wildman–Crippen MR) is 75.3 cm³/mol. The van der Waals surface area contributed by atoms with E-state index in [4.69, 9.17) is 0 Å². The summed E-state index contributed by atoms with van der Waals surface area (Å²) in [6, 6.07) is 0. The van der Waals surface area contributed by atoms with Gasteiger partial charge in [0.15, 0.2) is 11.4 Å². The molecule has 1 rings (SSSR count). The van der Waals surface area contributed by atoms with Gasteiger partial charge in [-0.25, -0.2) is 4.57 Å². The van der Waals surface area contributed by atoms with Crippen molar-refractivity contribution in [1.82, 2.24) is 0 Å². The van der Waals surface area contributed by atoms with Crippen LogP contribution in [0.1, 0.15) is 28.1 Å². The SMILES string of the molecule is C[N+](C)(C)C.Cc1c(C)c(C)[n+](C)c(C)c1C. The van der Waals surface area contributed by atoms with Gasteiger partial charge in [0.05, 0.1) is 28.2 Å². The molecular weight excluding hydrogens is 208 g/mol. The minimum atomic E-state index is 1.00. The van der Waals surface area contributed by atoms with Crippen LogP contribution in [0.3, 0.4) is 0 Å². The van der Waals surface area contributed by atoms with E-state index in [-0.39, 0.29) is 0 Å². The average Bonchev–Trinajstić information content (AvgIpc) is 2.18. The van der Waals surface area contributed by atoms with Crippen molar-refractivity contribution in [2.75, 3.05) is 28.2 Å². The zero-order valence-corrected chi connectivity index (χ0v) is 13.4. The van der Waals surface area contributed by atoms with Crippen molar-refractivity contribution < 1.29 is 9.05 Å². The van der Waals surface area contributed by atoms with Crippen LogP contribution >= 0.6 is 0 Å². The molecule has 0 aromatic carbocycles. The molecule has 98 valence electrons. The van der Waals surface area contributed by atoms with Gasteiger partial charge in [-0.3, -0.25) is 0 Å². The Hall–Kier alpha value is -0.890. The molecule has 0 saturated heterocycles. The summed E-state index contributed by atoms with van der Waals surface area (Å²) in [6.45, 7) is 10.9. The molecule has 0 spiro atoms. The molecule has 0 bridgehead atoms. The smallest absolute Gasteiger partial charge is 0.181 e. The van der Waals surface area contributed by atoms with Crippen LogP contribution in [-0.2, 0) is 7.05 Å². The molecule has 2 heteroatoms. The first-order valence-corrected chi connectivity index (χ1v) is 6.18. The zero-order chi connectivity index (χ0) is 14.0. The second-order valence-electron chi connectivity index (χ2n) is 6.29. The third-order valence-electron chi connectivity index (χ3n) is 3.22. The lowest BCUT2D eigenvalue weighted by atomic mass is 10.0. The van der Waals surface area contributed by atoms with Crippen LogP contribution < -0.4 is 4.57 Å². The van der Waals surface area contributed by atoms with Crippen molar-refractivity contribution in [3.05, 3.63) is 28.1 Å². The monoisotopic (exact) mass is 238 g/mol. The normalized spacial score (nSPS) is 10.9. The molecule has 0 aliphatic carbocycles. The van der Waals surface area contributed by atoms with E-state index in [1.807, 2.05) is 0 Å². The molecule has 0 fully saturated rings. The maximum Gasteiger partial charge on any atom is 0.181 e. The van der Waals surface area contributed by atoms with E-state index in [0.29, 0.717) is 0 Å². The lowest BCUT2D eigenvalue weighted by molar-refractivity contribution is -0.849. The van der Waals surface area contributed by atoms with E-state index in [1.165, 1.54) is 28.1 Å². The summed E-state index contributed by atoms with van der Waals surface area (Å²) < 4.78 is 3.26. The highest BCUT2D eigenvalue weighted by atomic mass is 15.2. The molecule has 0 aliphatic rings. The zero-order valence-electron chi connectivity index (χ0n) is 13.4. The van der Waals surface area contributed by atoms with Crippen molar-refractivity contribution in [3.8, 4) is 0 Å². The highest BCUT2D eigenvalue weighted by Crippen LogP contribution is 2.15. The Bertz CT molecular complexity index is 287. The van der Waals surface area contributed by atoms with Gasteiger partial charge in [0, 0.05) is 25.0 Å². The first kappa shape index (κ1) is 16.1. The van der Waals surface area contributed by atoms with Crippen molar-refractivity contribution in [1.29, 1.82) is 0 Å². The van der Waals surface area contributed by atoms with E-state index >= 15 is 0 Å². The summed E-state index contributed by atoms with van der Waals surface area (Å²) in [6.07, 6.45) is 0. The fourth-order valence-electron chi connectivity index (χ4n) is 1.58. The molecule has 2 nitrogen and oxygen atoms in total. The lowest BCUT2D eigenvalue weighted by Crippen LogP contribution is -2.37. The highest BCUT2D eigenvalue weighted by molar-refractivity contribution is 5.33. The molecule has 0 atom stereocenters. The van der Waals surface area contributed by atoms with Gasteiger partial charge in [-0.05, 0) is 26.3 Å². The Morgan fingerprint density at radius 3 is 1.12 bits per heavy atom. The predicted octanol–water partition coefficient (Wildman–Crippen LogP) is 2.38. The highest BCUT2D eigenvalue weighted by Gasteiger charge is 2.14. The first-order chi connectivity index (χ1) is 7.46. The molecule has 1 heterocycles. The molecule has 0 aliphatic heterocycles. The number of quaternary nitrogens is 1. The summed E-state index contributed by atoms with van der Waals surface area (Å²) in [5, 5.41) is 0. The third-order valence-corrected chi connectivity index (χ3v) is 3.22. The summed E-state index contributed by atoms with van der Waals surface area (Å²) in [5.41, 5.74) is 7.01. The molecule has 0 radical (unpaired) electrons. The average molecular weight is 238 g/mol. The van der Waals surface area contributed by atoms with E-state index in [0.717, 1.165) is 4.48 Å². The van der Waals surface area contributed by atoms with Crippen LogP contribution in [0.5, 0.6) is 0 Å². The summed E-state index contributed by atoms with van der Waals surface area (Å²) >= 11 is 0. The van der Waals surface area contributed by atoms with Gasteiger partial charge in [-0.15, -0.1) is 0 Å². The Labute approximate surface area is 107 Å². The van der Waals surface area contributed by atoms with E-state index in [2.05, 4.69) is 74.4 Å². The van der Waals surface area contributed by atoms with Crippen molar-refractivity contribution >= 4 is 0 Å². The van der Waals surface area contributed by atoms with Gasteiger partial charge >= 0.3 is 0 Å². The number of rotatable bonds is 0. The van der Waals surface area contributed by atoms with Crippen molar-refractivity contribution in [2.24, 2.45) is 7.05 Å². The largest absolute Gasteiger partial charge is 0.333 e. The molecule has 1 aromatic heterocycles. The van der Waals surface area contributed by atoms with Crippen LogP contribution in [0.4, 0.5) is 0 Å². The standard InChI is InChI=1S/C11H18N.C4H12N/c1-7-8(2)10(4)12(6)11(5)9(7)3;1-5(2,3)4/h1-6H3;1-4H3/q2*+1. The Morgan fingerprint density at radius 2 is 0.882 bits per heavy atom. The van der Waals surface area contributed by atoms with E-state index in [9.17, 15) is 0 Å². The third kappa shape index (κ3) is 4.86. The first-order valence-electron chi connectivity index (χ1n) is 6.18. The summed E-state index contributed by atoms with van der Waals surface area (Å²) in [4.78, 5) is 0. The van der Waals surface area contributed by atoms with Gasteiger partial charge in [0.2, 0.25) is 0 Å². The van der Waals surface area contributed by atoms with Gasteiger partial charge in [0.25, 0.3) is 0 Å². The number of aromatic nitrogens is 1. The second kappa shape index (κ2) is 5.63. The maximum absolute atomic E-state index is 2.26. The van der Waals surface area contributed by atoms with E-state index in [1.54, 1.807) is 0 Å². The van der Waals surface area contributed by atoms with Crippen LogP contribution in [0.2, 0.25) is 0 Å². The summed E-state index contributed by atoms with van der Waals surface area (Å²) in [5.74, 6) is 0. The van der Waals surface area contributed by atoms with Gasteiger partial charge in [-0.2, -0.15) is 0 Å². The van der Waals surface area contributed by atoms with Crippen LogP contribution in [-0.4, -0.2) is 32.7 Å². The van der Waals surface area contributed by atoms with Crippen molar-refractivity contribution in [2.45, 2.75) is 34.6 Å². The number of hydrogen-bond donors (Lipinski definition) is 0. The minimum Gasteiger partial charge on any atom is -0.333 e. The summed E-state index contributed by atoms with van der Waals surface area (Å²) in [7, 11) is 10.6. The molecule has 0 saturated carbocycles. The van der Waals surface area contributed by atoms with Gasteiger partial charge in [0.1, 0.15) is 7.05 Å². The van der Waals surface area contributed by atoms with E-state index < -0.39 is 0 Å². The van der Waals surface area contributed by atoms with Crippen LogP contribution in [0.15, 0.2) is 0 Å².